The van der Waals surface area contributed by atoms with Crippen molar-refractivity contribution in [1.82, 2.24) is 10.4 Å². The third-order valence-electron chi connectivity index (χ3n) is 3.95. The van der Waals surface area contributed by atoms with E-state index in [9.17, 15) is 4.79 Å². The summed E-state index contributed by atoms with van der Waals surface area (Å²) in [6, 6.07) is 15.0. The number of hydrazone groups is 1. The molecule has 1 aromatic heterocycles. The van der Waals surface area contributed by atoms with Crippen molar-refractivity contribution in [2.75, 3.05) is 6.61 Å². The molecule has 3 rings (SSSR count). The van der Waals surface area contributed by atoms with E-state index in [1.54, 1.807) is 30.7 Å². The second-order valence-corrected chi connectivity index (χ2v) is 8.19. The Hall–Kier alpha value is -2.46. The fourth-order valence-corrected chi connectivity index (χ4v) is 3.58. The molecule has 0 spiro atoms. The zero-order valence-corrected chi connectivity index (χ0v) is 19.9. The molecule has 1 N–H and O–H groups in total. The van der Waals surface area contributed by atoms with Crippen LogP contribution in [0, 0.1) is 3.57 Å². The lowest BCUT2D eigenvalue weighted by molar-refractivity contribution is 0.0955. The molecule has 0 aliphatic heterocycles. The number of benzene rings is 2. The summed E-state index contributed by atoms with van der Waals surface area (Å²) in [6.07, 6.45) is 4.69. The topological polar surface area (TPSA) is 72.8 Å². The summed E-state index contributed by atoms with van der Waals surface area (Å²) in [6.45, 7) is 2.85. The van der Waals surface area contributed by atoms with Gasteiger partial charge in [0.2, 0.25) is 0 Å². The van der Waals surface area contributed by atoms with Crippen LogP contribution >= 0.6 is 38.5 Å². The first-order valence-corrected chi connectivity index (χ1v) is 11.0. The number of halogens is 2. The number of hydrogen-bond donors (Lipinski definition) is 1. The van der Waals surface area contributed by atoms with Crippen molar-refractivity contribution in [3.05, 3.63) is 85.7 Å². The highest BCUT2D eigenvalue weighted by molar-refractivity contribution is 14.1. The highest BCUT2D eigenvalue weighted by Crippen LogP contribution is 2.34. The number of carbonyl (C=O) groups excluding carboxylic acids is 1. The van der Waals surface area contributed by atoms with E-state index in [1.807, 2.05) is 43.3 Å². The van der Waals surface area contributed by atoms with Gasteiger partial charge in [0.05, 0.1) is 16.4 Å². The average Bonchev–Trinajstić information content (AvgIpc) is 2.75. The first kappa shape index (κ1) is 22.2. The summed E-state index contributed by atoms with van der Waals surface area (Å²) in [5, 5.41) is 4.04. The first-order chi connectivity index (χ1) is 14.6. The molecular weight excluding hydrogens is 561 g/mol. The molecule has 1 heterocycles. The number of pyridine rings is 1. The van der Waals surface area contributed by atoms with Crippen LogP contribution in [-0.4, -0.2) is 23.7 Å². The number of carbonyl (C=O) groups is 1. The predicted octanol–water partition coefficient (Wildman–Crippen LogP) is 5.19. The second-order valence-electron chi connectivity index (χ2n) is 6.11. The van der Waals surface area contributed by atoms with E-state index in [2.05, 4.69) is 54.0 Å². The van der Waals surface area contributed by atoms with Crippen molar-refractivity contribution < 1.29 is 14.3 Å². The molecule has 0 unspecified atom stereocenters. The number of hydrogen-bond acceptors (Lipinski definition) is 5. The first-order valence-electron chi connectivity index (χ1n) is 9.14. The fourth-order valence-electron chi connectivity index (χ4n) is 2.53. The van der Waals surface area contributed by atoms with Crippen molar-refractivity contribution >= 4 is 50.6 Å². The Morgan fingerprint density at radius 2 is 1.90 bits per heavy atom. The lowest BCUT2D eigenvalue weighted by atomic mass is 10.2. The Bertz CT molecular complexity index is 1030. The Morgan fingerprint density at radius 1 is 1.17 bits per heavy atom. The molecule has 0 aliphatic carbocycles. The van der Waals surface area contributed by atoms with E-state index >= 15 is 0 Å². The molecular formula is C22H19BrIN3O3. The van der Waals surface area contributed by atoms with Crippen LogP contribution in [0.4, 0.5) is 0 Å². The van der Waals surface area contributed by atoms with Crippen LogP contribution in [0.3, 0.4) is 0 Å². The minimum atomic E-state index is -0.303. The van der Waals surface area contributed by atoms with E-state index in [-0.39, 0.29) is 5.91 Å². The molecule has 0 bridgehead atoms. The molecule has 0 saturated heterocycles. The maximum Gasteiger partial charge on any atom is 0.271 e. The molecule has 8 heteroatoms. The lowest BCUT2D eigenvalue weighted by Crippen LogP contribution is -2.17. The number of aromatic nitrogens is 1. The largest absolute Gasteiger partial charge is 0.490 e. The Kier molecular flexibility index (Phi) is 8.21. The van der Waals surface area contributed by atoms with Gasteiger partial charge in [-0.25, -0.2) is 5.43 Å². The lowest BCUT2D eigenvalue weighted by Gasteiger charge is -2.15. The number of amides is 1. The molecule has 30 heavy (non-hydrogen) atoms. The maximum atomic E-state index is 12.1. The van der Waals surface area contributed by atoms with Crippen LogP contribution in [0.25, 0.3) is 0 Å². The van der Waals surface area contributed by atoms with E-state index in [0.717, 1.165) is 19.2 Å². The van der Waals surface area contributed by atoms with Crippen molar-refractivity contribution in [2.24, 2.45) is 5.10 Å². The minimum absolute atomic E-state index is 0.303. The van der Waals surface area contributed by atoms with Crippen LogP contribution in [0.2, 0.25) is 0 Å². The number of rotatable bonds is 8. The molecule has 6 nitrogen and oxygen atoms in total. The van der Waals surface area contributed by atoms with Gasteiger partial charge in [0.1, 0.15) is 6.61 Å². The van der Waals surface area contributed by atoms with Gasteiger partial charge in [-0.05, 0) is 77.0 Å². The van der Waals surface area contributed by atoms with E-state index in [1.165, 1.54) is 0 Å². The Balaban J connectivity index is 1.71. The van der Waals surface area contributed by atoms with Gasteiger partial charge in [-0.2, -0.15) is 5.10 Å². The third kappa shape index (κ3) is 6.27. The van der Waals surface area contributed by atoms with Gasteiger partial charge < -0.3 is 9.47 Å². The van der Waals surface area contributed by atoms with Gasteiger partial charge in [-0.1, -0.05) is 28.1 Å². The zero-order chi connectivity index (χ0) is 21.3. The fraction of sp³-hybridized carbons (Fsp3) is 0.136. The second kappa shape index (κ2) is 11.1. The monoisotopic (exact) mass is 579 g/mol. The van der Waals surface area contributed by atoms with E-state index in [4.69, 9.17) is 9.47 Å². The van der Waals surface area contributed by atoms with Crippen molar-refractivity contribution in [3.63, 3.8) is 0 Å². The quantitative estimate of drug-likeness (QED) is 0.226. The molecule has 0 atom stereocenters. The third-order valence-corrected chi connectivity index (χ3v) is 5.28. The van der Waals surface area contributed by atoms with Gasteiger partial charge in [0.15, 0.2) is 11.5 Å². The summed E-state index contributed by atoms with van der Waals surface area (Å²) in [7, 11) is 0. The molecule has 0 radical (unpaired) electrons. The Morgan fingerprint density at radius 3 is 2.60 bits per heavy atom. The molecule has 1 amide bonds. The van der Waals surface area contributed by atoms with Crippen LogP contribution in [0.15, 0.2) is 70.5 Å². The van der Waals surface area contributed by atoms with Gasteiger partial charge in [-0.15, -0.1) is 0 Å². The van der Waals surface area contributed by atoms with Crippen molar-refractivity contribution in [3.8, 4) is 11.5 Å². The summed E-state index contributed by atoms with van der Waals surface area (Å²) < 4.78 is 13.7. The molecule has 0 saturated carbocycles. The molecule has 0 fully saturated rings. The van der Waals surface area contributed by atoms with Crippen LogP contribution in [-0.2, 0) is 6.61 Å². The number of nitrogens with one attached hydrogen (secondary N) is 1. The normalized spacial score (nSPS) is 10.8. The Labute approximate surface area is 197 Å². The predicted molar refractivity (Wildman–Crippen MR) is 128 cm³/mol. The van der Waals surface area contributed by atoms with Gasteiger partial charge >= 0.3 is 0 Å². The molecule has 0 aliphatic rings. The standard InChI is InChI=1S/C22H19BrIN3O3/c1-2-29-20-12-16(13-26-27-22(28)17-7-9-25-10-8-17)11-19(24)21(20)30-14-15-3-5-18(23)6-4-15/h3-13H,2,14H2,1H3,(H,27,28)/b26-13+. The average molecular weight is 580 g/mol. The SMILES string of the molecule is CCOc1cc(/C=N/NC(=O)c2ccncc2)cc(I)c1OCc1ccc(Br)cc1. The van der Waals surface area contributed by atoms with E-state index < -0.39 is 0 Å². The molecule has 3 aromatic rings. The molecule has 154 valence electrons. The van der Waals surface area contributed by atoms with Gasteiger partial charge in [0.25, 0.3) is 5.91 Å². The maximum absolute atomic E-state index is 12.1. The van der Waals surface area contributed by atoms with Gasteiger partial charge in [-0.3, -0.25) is 9.78 Å². The van der Waals surface area contributed by atoms with Crippen LogP contribution in [0.1, 0.15) is 28.4 Å². The van der Waals surface area contributed by atoms with E-state index in [0.29, 0.717) is 30.3 Å². The summed E-state index contributed by atoms with van der Waals surface area (Å²) in [5.74, 6) is 1.00. The van der Waals surface area contributed by atoms with Crippen LogP contribution in [0.5, 0.6) is 11.5 Å². The highest BCUT2D eigenvalue weighted by atomic mass is 127. The van der Waals surface area contributed by atoms with Crippen molar-refractivity contribution in [1.29, 1.82) is 0 Å². The molecule has 2 aromatic carbocycles. The van der Waals surface area contributed by atoms with Gasteiger partial charge in [0, 0.05) is 22.4 Å². The summed E-state index contributed by atoms with van der Waals surface area (Å²) in [5.41, 5.74) is 4.84. The zero-order valence-electron chi connectivity index (χ0n) is 16.1. The summed E-state index contributed by atoms with van der Waals surface area (Å²) in [4.78, 5) is 16.0. The number of nitrogens with zero attached hydrogens (tertiary/aromatic N) is 2. The van der Waals surface area contributed by atoms with Crippen molar-refractivity contribution in [2.45, 2.75) is 13.5 Å². The van der Waals surface area contributed by atoms with Crippen LogP contribution < -0.4 is 14.9 Å². The summed E-state index contributed by atoms with van der Waals surface area (Å²) >= 11 is 5.64. The number of ether oxygens (including phenoxy) is 2. The smallest absolute Gasteiger partial charge is 0.271 e. The minimum Gasteiger partial charge on any atom is -0.490 e. The highest BCUT2D eigenvalue weighted by Gasteiger charge is 2.12.